The minimum Gasteiger partial charge on any atom is -0.369 e. The highest BCUT2D eigenvalue weighted by molar-refractivity contribution is 5.99. The summed E-state index contributed by atoms with van der Waals surface area (Å²) in [4.78, 5) is 32.9. The number of anilines is 1. The molecule has 0 radical (unpaired) electrons. The number of nitro benzene ring substituents is 1. The van der Waals surface area contributed by atoms with Crippen molar-refractivity contribution in [3.63, 3.8) is 0 Å². The van der Waals surface area contributed by atoms with Crippen LogP contribution < -0.4 is 4.90 Å². The van der Waals surface area contributed by atoms with Gasteiger partial charge in [-0.05, 0) is 51.4 Å². The monoisotopic (exact) mass is 401 g/mol. The number of hydrogen-bond donors (Lipinski definition) is 0. The molecule has 1 amide bonds. The fraction of sp³-hybridized carbons (Fsp3) is 0.667. The summed E-state index contributed by atoms with van der Waals surface area (Å²) in [5.41, 5.74) is 1.05. The van der Waals surface area contributed by atoms with Crippen LogP contribution in [0.1, 0.15) is 36.0 Å². The Balaban J connectivity index is 1.47. The molecule has 3 saturated heterocycles. The number of amides is 1. The van der Waals surface area contributed by atoms with Crippen LogP contribution in [-0.2, 0) is 0 Å². The van der Waals surface area contributed by atoms with Crippen molar-refractivity contribution in [2.75, 3.05) is 64.3 Å². The maximum atomic E-state index is 12.9. The molecule has 0 aliphatic carbocycles. The maximum Gasteiger partial charge on any atom is 0.282 e. The molecule has 0 saturated carbocycles. The van der Waals surface area contributed by atoms with Gasteiger partial charge in [0, 0.05) is 63.6 Å². The number of likely N-dealkylation sites (tertiary alicyclic amines) is 2. The smallest absolute Gasteiger partial charge is 0.282 e. The summed E-state index contributed by atoms with van der Waals surface area (Å²) in [6, 6.07) is 5.66. The van der Waals surface area contributed by atoms with E-state index >= 15 is 0 Å². The van der Waals surface area contributed by atoms with Crippen molar-refractivity contribution < 1.29 is 9.72 Å². The van der Waals surface area contributed by atoms with Crippen LogP contribution in [-0.4, -0.2) is 91.0 Å². The molecule has 29 heavy (non-hydrogen) atoms. The van der Waals surface area contributed by atoms with E-state index in [1.807, 2.05) is 0 Å². The van der Waals surface area contributed by atoms with Crippen LogP contribution in [0.2, 0.25) is 0 Å². The van der Waals surface area contributed by atoms with E-state index in [9.17, 15) is 14.9 Å². The zero-order valence-electron chi connectivity index (χ0n) is 17.3. The standard InChI is InChI=1S/C21H31N5O3/c1-22-8-4-5-18(16-22)24-13-11-23(12-14-24)17-6-7-20(26(28)29)19(15-17)21(27)25-9-2-3-10-25/h6-7,15,18H,2-5,8-14,16H2,1H3. The first-order chi connectivity index (χ1) is 14.0. The molecule has 0 aromatic heterocycles. The molecule has 3 heterocycles. The quantitative estimate of drug-likeness (QED) is 0.568. The van der Waals surface area contributed by atoms with Crippen molar-refractivity contribution in [2.24, 2.45) is 0 Å². The van der Waals surface area contributed by atoms with Gasteiger partial charge in [-0.25, -0.2) is 0 Å². The molecule has 8 heteroatoms. The number of hydrogen-bond acceptors (Lipinski definition) is 6. The van der Waals surface area contributed by atoms with E-state index in [-0.39, 0.29) is 17.2 Å². The van der Waals surface area contributed by atoms with E-state index in [2.05, 4.69) is 21.7 Å². The number of piperazine rings is 1. The highest BCUT2D eigenvalue weighted by Gasteiger charge is 2.30. The lowest BCUT2D eigenvalue weighted by Crippen LogP contribution is -2.54. The first-order valence-electron chi connectivity index (χ1n) is 10.8. The zero-order chi connectivity index (χ0) is 20.4. The predicted molar refractivity (Wildman–Crippen MR) is 113 cm³/mol. The molecule has 1 atom stereocenters. The van der Waals surface area contributed by atoms with Gasteiger partial charge in [0.15, 0.2) is 0 Å². The lowest BCUT2D eigenvalue weighted by atomic mass is 10.0. The van der Waals surface area contributed by atoms with Crippen LogP contribution in [0.3, 0.4) is 0 Å². The highest BCUT2D eigenvalue weighted by Crippen LogP contribution is 2.28. The Hall–Kier alpha value is -2.19. The molecular formula is C21H31N5O3. The normalized spacial score (nSPS) is 24.1. The van der Waals surface area contributed by atoms with Crippen molar-refractivity contribution in [1.82, 2.24) is 14.7 Å². The van der Waals surface area contributed by atoms with E-state index < -0.39 is 4.92 Å². The summed E-state index contributed by atoms with van der Waals surface area (Å²) in [7, 11) is 2.19. The van der Waals surface area contributed by atoms with Crippen molar-refractivity contribution in [3.8, 4) is 0 Å². The van der Waals surface area contributed by atoms with E-state index in [0.29, 0.717) is 19.1 Å². The van der Waals surface area contributed by atoms with E-state index in [1.165, 1.54) is 25.5 Å². The van der Waals surface area contributed by atoms with Gasteiger partial charge in [0.2, 0.25) is 0 Å². The third-order valence-corrected chi connectivity index (χ3v) is 6.60. The summed E-state index contributed by atoms with van der Waals surface area (Å²) in [6.07, 6.45) is 4.46. The third kappa shape index (κ3) is 4.38. The number of benzene rings is 1. The average molecular weight is 402 g/mol. The van der Waals surface area contributed by atoms with Gasteiger partial charge >= 0.3 is 0 Å². The van der Waals surface area contributed by atoms with Gasteiger partial charge in [0.05, 0.1) is 4.92 Å². The molecule has 4 rings (SSSR count). The lowest BCUT2D eigenvalue weighted by Gasteiger charge is -2.43. The second kappa shape index (κ2) is 8.67. The summed E-state index contributed by atoms with van der Waals surface area (Å²) in [5, 5.41) is 11.5. The molecule has 3 fully saturated rings. The van der Waals surface area contributed by atoms with Crippen LogP contribution in [0.25, 0.3) is 0 Å². The van der Waals surface area contributed by atoms with Crippen LogP contribution in [0.4, 0.5) is 11.4 Å². The lowest BCUT2D eigenvalue weighted by molar-refractivity contribution is -0.385. The highest BCUT2D eigenvalue weighted by atomic mass is 16.6. The Morgan fingerprint density at radius 3 is 2.41 bits per heavy atom. The molecule has 1 aromatic rings. The number of piperidine rings is 1. The first-order valence-corrected chi connectivity index (χ1v) is 10.8. The van der Waals surface area contributed by atoms with Gasteiger partial charge < -0.3 is 14.7 Å². The first kappa shape index (κ1) is 20.1. The molecule has 1 aromatic carbocycles. The largest absolute Gasteiger partial charge is 0.369 e. The fourth-order valence-corrected chi connectivity index (χ4v) is 4.92. The van der Waals surface area contributed by atoms with Crippen molar-refractivity contribution >= 4 is 17.3 Å². The molecular weight excluding hydrogens is 370 g/mol. The van der Waals surface area contributed by atoms with E-state index in [0.717, 1.165) is 51.3 Å². The van der Waals surface area contributed by atoms with E-state index in [1.54, 1.807) is 17.0 Å². The Labute approximate surface area is 172 Å². The van der Waals surface area contributed by atoms with Gasteiger partial charge in [-0.15, -0.1) is 0 Å². The Kier molecular flexibility index (Phi) is 6.01. The number of rotatable bonds is 4. The van der Waals surface area contributed by atoms with Crippen LogP contribution in [0.15, 0.2) is 18.2 Å². The topological polar surface area (TPSA) is 73.2 Å². The minimum absolute atomic E-state index is 0.0884. The number of nitro groups is 1. The minimum atomic E-state index is -0.440. The summed E-state index contributed by atoms with van der Waals surface area (Å²) >= 11 is 0. The maximum absolute atomic E-state index is 12.9. The summed E-state index contributed by atoms with van der Waals surface area (Å²) in [5.74, 6) is -0.208. The molecule has 3 aliphatic rings. The van der Waals surface area contributed by atoms with Gasteiger partial charge in [0.1, 0.15) is 5.56 Å². The third-order valence-electron chi connectivity index (χ3n) is 6.60. The number of carbonyl (C=O) groups is 1. The second-order valence-electron chi connectivity index (χ2n) is 8.54. The van der Waals surface area contributed by atoms with Gasteiger partial charge in [-0.3, -0.25) is 19.8 Å². The molecule has 158 valence electrons. The summed E-state index contributed by atoms with van der Waals surface area (Å²) < 4.78 is 0. The number of likely N-dealkylation sites (N-methyl/N-ethyl adjacent to an activating group) is 1. The van der Waals surface area contributed by atoms with Gasteiger partial charge in [-0.2, -0.15) is 0 Å². The predicted octanol–water partition coefficient (Wildman–Crippen LogP) is 2.05. The van der Waals surface area contributed by atoms with Gasteiger partial charge in [-0.1, -0.05) is 0 Å². The van der Waals surface area contributed by atoms with E-state index in [4.69, 9.17) is 0 Å². The molecule has 0 N–H and O–H groups in total. The number of nitrogens with zero attached hydrogens (tertiary/aromatic N) is 5. The van der Waals surface area contributed by atoms with Gasteiger partial charge in [0.25, 0.3) is 11.6 Å². The molecule has 3 aliphatic heterocycles. The molecule has 0 bridgehead atoms. The van der Waals surface area contributed by atoms with Crippen molar-refractivity contribution in [3.05, 3.63) is 33.9 Å². The fourth-order valence-electron chi connectivity index (χ4n) is 4.92. The molecule has 0 spiro atoms. The Bertz CT molecular complexity index is 757. The Morgan fingerprint density at radius 2 is 1.76 bits per heavy atom. The molecule has 1 unspecified atom stereocenters. The zero-order valence-corrected chi connectivity index (χ0v) is 17.3. The van der Waals surface area contributed by atoms with Crippen LogP contribution in [0.5, 0.6) is 0 Å². The van der Waals surface area contributed by atoms with Crippen LogP contribution >= 0.6 is 0 Å². The van der Waals surface area contributed by atoms with Crippen molar-refractivity contribution in [1.29, 1.82) is 0 Å². The Morgan fingerprint density at radius 1 is 1.03 bits per heavy atom. The molecule has 8 nitrogen and oxygen atoms in total. The second-order valence-corrected chi connectivity index (χ2v) is 8.54. The SMILES string of the molecule is CN1CCCC(N2CCN(c3ccc([N+](=O)[O-])c(C(=O)N4CCCC4)c3)CC2)C1. The summed E-state index contributed by atoms with van der Waals surface area (Å²) in [6.45, 7) is 7.45. The number of carbonyl (C=O) groups excluding carboxylic acids is 1. The van der Waals surface area contributed by atoms with Crippen molar-refractivity contribution in [2.45, 2.75) is 31.7 Å². The average Bonchev–Trinajstić information content (AvgIpc) is 3.28. The van der Waals surface area contributed by atoms with Crippen LogP contribution in [0, 0.1) is 10.1 Å².